The molecule has 0 radical (unpaired) electrons. The predicted octanol–water partition coefficient (Wildman–Crippen LogP) is 6.92. The molecule has 0 spiro atoms. The lowest BCUT2D eigenvalue weighted by atomic mass is 10.1. The smallest absolute Gasteiger partial charge is 0.264 e. The third kappa shape index (κ3) is 8.11. The Balaban J connectivity index is 1.72. The highest BCUT2D eigenvalue weighted by molar-refractivity contribution is 7.92. The van der Waals surface area contributed by atoms with Crippen molar-refractivity contribution < 1.29 is 22.7 Å². The number of para-hydroxylation sites is 1. The van der Waals surface area contributed by atoms with Crippen LogP contribution in [0.3, 0.4) is 0 Å². The molecule has 11 heteroatoms. The highest BCUT2D eigenvalue weighted by atomic mass is 35.5. The molecular formula is C33H33Cl2N3O5S. The van der Waals surface area contributed by atoms with Crippen LogP contribution in [0.2, 0.25) is 10.0 Å². The maximum atomic E-state index is 14.1. The number of nitrogens with zero attached hydrogens (tertiary/aromatic N) is 2. The highest BCUT2D eigenvalue weighted by Crippen LogP contribution is 2.30. The standard InChI is InChI=1S/C33H33Cl2N3O5S/c1-23(2)36-33(40)24(3)37(21-29-30(34)15-10-16-31(29)35)32(39)22-38(44(41,42)28-13-8-5-9-14-28)25-17-19-27(20-18-25)43-26-11-6-4-7-12-26/h4-20,23-24H,21-22H2,1-3H3,(H,36,40)/t24-/m1/s1. The first-order valence-electron chi connectivity index (χ1n) is 13.9. The van der Waals surface area contributed by atoms with E-state index < -0.39 is 34.4 Å². The molecule has 4 aromatic carbocycles. The van der Waals surface area contributed by atoms with Gasteiger partial charge in [-0.15, -0.1) is 0 Å². The molecule has 0 fully saturated rings. The van der Waals surface area contributed by atoms with Gasteiger partial charge in [0.1, 0.15) is 24.1 Å². The number of amides is 2. The van der Waals surface area contributed by atoms with Gasteiger partial charge in [-0.3, -0.25) is 13.9 Å². The minimum Gasteiger partial charge on any atom is -0.457 e. The molecule has 0 aromatic heterocycles. The van der Waals surface area contributed by atoms with Gasteiger partial charge in [0.25, 0.3) is 10.0 Å². The Labute approximate surface area is 268 Å². The molecule has 8 nitrogen and oxygen atoms in total. The summed E-state index contributed by atoms with van der Waals surface area (Å²) in [7, 11) is -4.22. The molecule has 1 atom stereocenters. The van der Waals surface area contributed by atoms with Crippen molar-refractivity contribution in [3.63, 3.8) is 0 Å². The number of hydrogen-bond donors (Lipinski definition) is 1. The third-order valence-corrected chi connectivity index (χ3v) is 9.20. The van der Waals surface area contributed by atoms with Gasteiger partial charge in [-0.2, -0.15) is 0 Å². The lowest BCUT2D eigenvalue weighted by Crippen LogP contribution is -2.52. The van der Waals surface area contributed by atoms with Crippen molar-refractivity contribution in [2.45, 2.75) is 44.3 Å². The van der Waals surface area contributed by atoms with E-state index in [0.717, 1.165) is 4.31 Å². The maximum absolute atomic E-state index is 14.1. The lowest BCUT2D eigenvalue weighted by Gasteiger charge is -2.32. The second-order valence-corrected chi connectivity index (χ2v) is 13.0. The summed E-state index contributed by atoms with van der Waals surface area (Å²) in [6.45, 7) is 4.47. The van der Waals surface area contributed by atoms with Crippen LogP contribution in [0.25, 0.3) is 0 Å². The molecule has 0 saturated heterocycles. The van der Waals surface area contributed by atoms with E-state index in [0.29, 0.717) is 27.1 Å². The molecule has 1 N–H and O–H groups in total. The van der Waals surface area contributed by atoms with Crippen LogP contribution in [0.4, 0.5) is 5.69 Å². The van der Waals surface area contributed by atoms with Crippen LogP contribution in [0, 0.1) is 0 Å². The van der Waals surface area contributed by atoms with Crippen LogP contribution in [0.15, 0.2) is 108 Å². The summed E-state index contributed by atoms with van der Waals surface area (Å²) in [5, 5.41) is 3.44. The van der Waals surface area contributed by atoms with E-state index in [1.807, 2.05) is 18.2 Å². The Morgan fingerprint density at radius 2 is 1.32 bits per heavy atom. The minimum absolute atomic E-state index is 0.00343. The van der Waals surface area contributed by atoms with Crippen LogP contribution in [0.5, 0.6) is 11.5 Å². The van der Waals surface area contributed by atoms with Gasteiger partial charge in [-0.25, -0.2) is 8.42 Å². The zero-order valence-corrected chi connectivity index (χ0v) is 26.8. The summed E-state index contributed by atoms with van der Waals surface area (Å²) in [6.07, 6.45) is 0. The molecular weight excluding hydrogens is 621 g/mol. The van der Waals surface area contributed by atoms with Crippen molar-refractivity contribution in [1.29, 1.82) is 0 Å². The van der Waals surface area contributed by atoms with Gasteiger partial charge in [-0.1, -0.05) is 65.7 Å². The first kappa shape index (κ1) is 32.9. The largest absolute Gasteiger partial charge is 0.457 e. The summed E-state index contributed by atoms with van der Waals surface area (Å²) in [4.78, 5) is 28.5. The number of benzene rings is 4. The monoisotopic (exact) mass is 653 g/mol. The number of anilines is 1. The lowest BCUT2D eigenvalue weighted by molar-refractivity contribution is -0.139. The SMILES string of the molecule is CC(C)NC(=O)[C@@H](C)N(Cc1c(Cl)cccc1Cl)C(=O)CN(c1ccc(Oc2ccccc2)cc1)S(=O)(=O)c1ccccc1. The quantitative estimate of drug-likeness (QED) is 0.179. The fraction of sp³-hybridized carbons (Fsp3) is 0.212. The second kappa shape index (κ2) is 14.6. The van der Waals surface area contributed by atoms with E-state index >= 15 is 0 Å². The van der Waals surface area contributed by atoms with Gasteiger partial charge in [-0.05, 0) is 81.4 Å². The predicted molar refractivity (Wildman–Crippen MR) is 174 cm³/mol. The van der Waals surface area contributed by atoms with Crippen LogP contribution in [0.1, 0.15) is 26.3 Å². The number of carbonyl (C=O) groups excluding carboxylic acids is 2. The summed E-state index contributed by atoms with van der Waals surface area (Å²) < 4.78 is 34.9. The first-order valence-corrected chi connectivity index (χ1v) is 16.1. The summed E-state index contributed by atoms with van der Waals surface area (Å²) in [5.74, 6) is 0.0666. The summed E-state index contributed by atoms with van der Waals surface area (Å²) in [5.41, 5.74) is 0.672. The topological polar surface area (TPSA) is 96.0 Å². The Bertz CT molecular complexity index is 1670. The summed E-state index contributed by atoms with van der Waals surface area (Å²) in [6, 6.07) is 27.2. The third-order valence-electron chi connectivity index (χ3n) is 6.70. The van der Waals surface area contributed by atoms with Crippen molar-refractivity contribution in [2.24, 2.45) is 0 Å². The molecule has 0 aliphatic heterocycles. The molecule has 0 heterocycles. The molecule has 0 aliphatic rings. The Morgan fingerprint density at radius 3 is 1.89 bits per heavy atom. The number of carbonyl (C=O) groups is 2. The average molecular weight is 655 g/mol. The molecule has 2 amide bonds. The van der Waals surface area contributed by atoms with Crippen molar-refractivity contribution in [3.05, 3.63) is 119 Å². The van der Waals surface area contributed by atoms with E-state index in [9.17, 15) is 18.0 Å². The average Bonchev–Trinajstić information content (AvgIpc) is 3.00. The normalized spacial score (nSPS) is 12.0. The van der Waals surface area contributed by atoms with Crippen LogP contribution in [-0.2, 0) is 26.2 Å². The zero-order chi connectivity index (χ0) is 31.9. The van der Waals surface area contributed by atoms with Crippen LogP contribution in [-0.4, -0.2) is 43.8 Å². The second-order valence-electron chi connectivity index (χ2n) is 10.3. The number of rotatable bonds is 12. The van der Waals surface area contributed by atoms with Gasteiger partial charge in [0.05, 0.1) is 10.6 Å². The van der Waals surface area contributed by atoms with Gasteiger partial charge >= 0.3 is 0 Å². The van der Waals surface area contributed by atoms with Crippen LogP contribution >= 0.6 is 23.2 Å². The van der Waals surface area contributed by atoms with E-state index in [2.05, 4.69) is 5.32 Å². The minimum atomic E-state index is -4.22. The Morgan fingerprint density at radius 1 is 0.773 bits per heavy atom. The fourth-order valence-corrected chi connectivity index (χ4v) is 6.35. The number of hydrogen-bond acceptors (Lipinski definition) is 5. The molecule has 0 aliphatic carbocycles. The fourth-order valence-electron chi connectivity index (χ4n) is 4.39. The van der Waals surface area contributed by atoms with Gasteiger partial charge < -0.3 is 15.0 Å². The first-order chi connectivity index (χ1) is 21.0. The Kier molecular flexibility index (Phi) is 10.9. The van der Waals surface area contributed by atoms with Crippen molar-refractivity contribution in [3.8, 4) is 11.5 Å². The van der Waals surface area contributed by atoms with Gasteiger partial charge in [0.2, 0.25) is 11.8 Å². The molecule has 0 unspecified atom stereocenters. The van der Waals surface area contributed by atoms with Gasteiger partial charge in [0.15, 0.2) is 0 Å². The molecule has 44 heavy (non-hydrogen) atoms. The molecule has 0 saturated carbocycles. The zero-order valence-electron chi connectivity index (χ0n) is 24.5. The van der Waals surface area contributed by atoms with E-state index in [4.69, 9.17) is 27.9 Å². The Hall–Kier alpha value is -4.05. The number of nitrogens with one attached hydrogen (secondary N) is 1. The highest BCUT2D eigenvalue weighted by Gasteiger charge is 2.33. The number of sulfonamides is 1. The molecule has 4 rings (SSSR count). The van der Waals surface area contributed by atoms with Crippen LogP contribution < -0.4 is 14.4 Å². The molecule has 0 bridgehead atoms. The molecule has 230 valence electrons. The van der Waals surface area contributed by atoms with E-state index in [1.165, 1.54) is 17.0 Å². The van der Waals surface area contributed by atoms with Crippen molar-refractivity contribution in [2.75, 3.05) is 10.8 Å². The van der Waals surface area contributed by atoms with Gasteiger partial charge in [0, 0.05) is 28.2 Å². The van der Waals surface area contributed by atoms with Crippen molar-refractivity contribution in [1.82, 2.24) is 10.2 Å². The molecule has 4 aromatic rings. The van der Waals surface area contributed by atoms with E-state index in [-0.39, 0.29) is 23.2 Å². The summed E-state index contributed by atoms with van der Waals surface area (Å²) >= 11 is 12.9. The van der Waals surface area contributed by atoms with Crippen molar-refractivity contribution >= 4 is 50.7 Å². The number of halogens is 2. The maximum Gasteiger partial charge on any atom is 0.264 e. The van der Waals surface area contributed by atoms with E-state index in [1.54, 1.807) is 93.6 Å². The number of ether oxygens (including phenoxy) is 1.